The number of nitrogens with one attached hydrogen (secondary N) is 2. The topological polar surface area (TPSA) is 87.5 Å². The van der Waals surface area contributed by atoms with E-state index in [0.717, 1.165) is 37.0 Å². The van der Waals surface area contributed by atoms with Gasteiger partial charge in [0.2, 0.25) is 5.91 Å². The summed E-state index contributed by atoms with van der Waals surface area (Å²) in [6, 6.07) is 17.4. The second-order valence-corrected chi connectivity index (χ2v) is 7.14. The number of para-hydroxylation sites is 2. The number of nitrogens with zero attached hydrogens (tertiary/aromatic N) is 2. The first kappa shape index (κ1) is 19.0. The molecule has 0 saturated carbocycles. The number of piperidine rings is 1. The summed E-state index contributed by atoms with van der Waals surface area (Å²) in [6.45, 7) is 2.29. The van der Waals surface area contributed by atoms with Crippen LogP contribution in [-0.2, 0) is 4.79 Å². The maximum atomic E-state index is 12.4. The molecule has 4 rings (SSSR count). The Morgan fingerprint density at radius 2 is 1.66 bits per heavy atom. The van der Waals surface area contributed by atoms with E-state index in [4.69, 9.17) is 4.42 Å². The largest absolute Gasteiger partial charge is 0.423 e. The van der Waals surface area contributed by atoms with Crippen LogP contribution in [-0.4, -0.2) is 43.0 Å². The van der Waals surface area contributed by atoms with Crippen LogP contribution >= 0.6 is 0 Å². The average molecular weight is 392 g/mol. The standard InChI is InChI=1S/C22H24N4O3/c27-20(16-6-2-1-3-7-16)23-12-13-24-21(28)17-10-14-26(15-11-17)22-25-18-8-4-5-9-19(18)29-22/h1-9,17H,10-15H2,(H,23,27)(H,24,28). The average Bonchev–Trinajstić information content (AvgIpc) is 3.21. The van der Waals surface area contributed by atoms with E-state index in [1.54, 1.807) is 12.1 Å². The predicted molar refractivity (Wildman–Crippen MR) is 111 cm³/mol. The number of carbonyl (C=O) groups excluding carboxylic acids is 2. The molecular weight excluding hydrogens is 368 g/mol. The highest BCUT2D eigenvalue weighted by atomic mass is 16.4. The Balaban J connectivity index is 1.19. The molecule has 2 N–H and O–H groups in total. The normalized spacial score (nSPS) is 14.7. The highest BCUT2D eigenvalue weighted by molar-refractivity contribution is 5.94. The van der Waals surface area contributed by atoms with Crippen LogP contribution in [0.5, 0.6) is 0 Å². The maximum absolute atomic E-state index is 12.4. The summed E-state index contributed by atoms with van der Waals surface area (Å²) in [6.07, 6.45) is 1.50. The summed E-state index contributed by atoms with van der Waals surface area (Å²) >= 11 is 0. The summed E-state index contributed by atoms with van der Waals surface area (Å²) in [7, 11) is 0. The SMILES string of the molecule is O=C(NCCNC(=O)C1CCN(c2nc3ccccc3o2)CC1)c1ccccc1. The van der Waals surface area contributed by atoms with Crippen molar-refractivity contribution >= 4 is 28.9 Å². The number of hydrogen-bond donors (Lipinski definition) is 2. The molecule has 3 aromatic rings. The van der Waals surface area contributed by atoms with Gasteiger partial charge in [-0.15, -0.1) is 0 Å². The van der Waals surface area contributed by atoms with Crippen molar-refractivity contribution in [2.24, 2.45) is 5.92 Å². The molecule has 29 heavy (non-hydrogen) atoms. The minimum Gasteiger partial charge on any atom is -0.423 e. The van der Waals surface area contributed by atoms with Crippen LogP contribution in [0.25, 0.3) is 11.1 Å². The van der Waals surface area contributed by atoms with E-state index >= 15 is 0 Å². The number of anilines is 1. The highest BCUT2D eigenvalue weighted by Crippen LogP contribution is 2.26. The molecule has 0 spiro atoms. The fraction of sp³-hybridized carbons (Fsp3) is 0.318. The third-order valence-electron chi connectivity index (χ3n) is 5.16. The number of amides is 2. The van der Waals surface area contributed by atoms with Crippen LogP contribution in [0.1, 0.15) is 23.2 Å². The van der Waals surface area contributed by atoms with Gasteiger partial charge in [-0.3, -0.25) is 9.59 Å². The Bertz CT molecular complexity index is 945. The van der Waals surface area contributed by atoms with Crippen molar-refractivity contribution < 1.29 is 14.0 Å². The molecule has 1 fully saturated rings. The van der Waals surface area contributed by atoms with Crippen molar-refractivity contribution in [3.63, 3.8) is 0 Å². The molecule has 2 aromatic carbocycles. The van der Waals surface area contributed by atoms with Gasteiger partial charge in [0.05, 0.1) is 0 Å². The van der Waals surface area contributed by atoms with Gasteiger partial charge in [0.1, 0.15) is 5.52 Å². The molecule has 0 bridgehead atoms. The molecular formula is C22H24N4O3. The quantitative estimate of drug-likeness (QED) is 0.630. The maximum Gasteiger partial charge on any atom is 0.298 e. The number of hydrogen-bond acceptors (Lipinski definition) is 5. The van der Waals surface area contributed by atoms with Crippen molar-refractivity contribution in [2.45, 2.75) is 12.8 Å². The van der Waals surface area contributed by atoms with E-state index in [0.29, 0.717) is 24.7 Å². The summed E-state index contributed by atoms with van der Waals surface area (Å²) < 4.78 is 5.82. The minimum absolute atomic E-state index is 0.0274. The van der Waals surface area contributed by atoms with Crippen LogP contribution in [0.4, 0.5) is 6.01 Å². The van der Waals surface area contributed by atoms with Crippen molar-refractivity contribution in [3.05, 3.63) is 60.2 Å². The number of fused-ring (bicyclic) bond motifs is 1. The van der Waals surface area contributed by atoms with Crippen LogP contribution < -0.4 is 15.5 Å². The Kier molecular flexibility index (Phi) is 5.74. The number of oxazole rings is 1. The number of carbonyl (C=O) groups is 2. The van der Waals surface area contributed by atoms with Crippen LogP contribution in [0.3, 0.4) is 0 Å². The second-order valence-electron chi connectivity index (χ2n) is 7.14. The van der Waals surface area contributed by atoms with E-state index in [1.165, 1.54) is 0 Å². The molecule has 0 radical (unpaired) electrons. The summed E-state index contributed by atoms with van der Waals surface area (Å²) in [5.41, 5.74) is 2.24. The first-order valence-corrected chi connectivity index (χ1v) is 9.92. The number of aromatic nitrogens is 1. The van der Waals surface area contributed by atoms with Gasteiger partial charge in [-0.2, -0.15) is 4.98 Å². The van der Waals surface area contributed by atoms with E-state index in [9.17, 15) is 9.59 Å². The fourth-order valence-electron chi connectivity index (χ4n) is 3.53. The van der Waals surface area contributed by atoms with Gasteiger partial charge in [0, 0.05) is 37.7 Å². The number of benzene rings is 2. The first-order valence-electron chi connectivity index (χ1n) is 9.92. The van der Waals surface area contributed by atoms with E-state index in [1.807, 2.05) is 42.5 Å². The van der Waals surface area contributed by atoms with E-state index < -0.39 is 0 Å². The Hall–Kier alpha value is -3.35. The smallest absolute Gasteiger partial charge is 0.298 e. The Morgan fingerprint density at radius 1 is 0.966 bits per heavy atom. The van der Waals surface area contributed by atoms with E-state index in [2.05, 4.69) is 20.5 Å². The molecule has 1 aromatic heterocycles. The zero-order valence-corrected chi connectivity index (χ0v) is 16.1. The lowest BCUT2D eigenvalue weighted by Gasteiger charge is -2.30. The third-order valence-corrected chi connectivity index (χ3v) is 5.16. The molecule has 150 valence electrons. The van der Waals surface area contributed by atoms with Gasteiger partial charge >= 0.3 is 0 Å². The molecule has 7 nitrogen and oxygen atoms in total. The monoisotopic (exact) mass is 392 g/mol. The van der Waals surface area contributed by atoms with Gasteiger partial charge in [0.15, 0.2) is 5.58 Å². The van der Waals surface area contributed by atoms with Gasteiger partial charge in [-0.05, 0) is 37.1 Å². The zero-order chi connectivity index (χ0) is 20.1. The molecule has 0 atom stereocenters. The second kappa shape index (κ2) is 8.77. The molecule has 2 amide bonds. The lowest BCUT2D eigenvalue weighted by Crippen LogP contribution is -2.42. The Labute approximate surface area is 169 Å². The number of rotatable bonds is 6. The molecule has 0 unspecified atom stereocenters. The third kappa shape index (κ3) is 4.56. The molecule has 1 aliphatic rings. The molecule has 1 saturated heterocycles. The van der Waals surface area contributed by atoms with Gasteiger partial charge in [0.25, 0.3) is 11.9 Å². The molecule has 1 aliphatic heterocycles. The highest BCUT2D eigenvalue weighted by Gasteiger charge is 2.27. The molecule has 0 aliphatic carbocycles. The van der Waals surface area contributed by atoms with Crippen molar-refractivity contribution in [3.8, 4) is 0 Å². The zero-order valence-electron chi connectivity index (χ0n) is 16.1. The Morgan fingerprint density at radius 3 is 2.41 bits per heavy atom. The van der Waals surface area contributed by atoms with Gasteiger partial charge in [-0.25, -0.2) is 0 Å². The van der Waals surface area contributed by atoms with Crippen LogP contribution in [0.15, 0.2) is 59.0 Å². The van der Waals surface area contributed by atoms with E-state index in [-0.39, 0.29) is 17.7 Å². The molecule has 2 heterocycles. The summed E-state index contributed by atoms with van der Waals surface area (Å²) in [5, 5.41) is 5.74. The van der Waals surface area contributed by atoms with Gasteiger partial charge < -0.3 is 20.0 Å². The summed E-state index contributed by atoms with van der Waals surface area (Å²) in [5.74, 6) is -0.122. The van der Waals surface area contributed by atoms with Gasteiger partial charge in [-0.1, -0.05) is 30.3 Å². The van der Waals surface area contributed by atoms with Crippen molar-refractivity contribution in [2.75, 3.05) is 31.1 Å². The lowest BCUT2D eigenvalue weighted by molar-refractivity contribution is -0.125. The van der Waals surface area contributed by atoms with Crippen LogP contribution in [0, 0.1) is 5.92 Å². The lowest BCUT2D eigenvalue weighted by atomic mass is 9.96. The van der Waals surface area contributed by atoms with Crippen molar-refractivity contribution in [1.29, 1.82) is 0 Å². The molecule has 7 heteroatoms. The predicted octanol–water partition coefficient (Wildman–Crippen LogP) is 2.59. The van der Waals surface area contributed by atoms with Crippen molar-refractivity contribution in [1.82, 2.24) is 15.6 Å². The fourth-order valence-corrected chi connectivity index (χ4v) is 3.53. The van der Waals surface area contributed by atoms with Crippen LogP contribution in [0.2, 0.25) is 0 Å². The first-order chi connectivity index (χ1) is 14.2. The minimum atomic E-state index is -0.133. The summed E-state index contributed by atoms with van der Waals surface area (Å²) in [4.78, 5) is 31.0.